The van der Waals surface area contributed by atoms with Crippen molar-refractivity contribution in [1.29, 1.82) is 0 Å². The van der Waals surface area contributed by atoms with Gasteiger partial charge in [0.25, 0.3) is 0 Å². The molecule has 1 aromatic rings. The predicted octanol–water partition coefficient (Wildman–Crippen LogP) is 3.70. The van der Waals surface area contributed by atoms with Gasteiger partial charge in [0.15, 0.2) is 0 Å². The molecule has 0 fully saturated rings. The highest BCUT2D eigenvalue weighted by Crippen LogP contribution is 2.26. The van der Waals surface area contributed by atoms with Crippen LogP contribution in [0.25, 0.3) is 0 Å². The van der Waals surface area contributed by atoms with Crippen LogP contribution in [-0.4, -0.2) is 11.1 Å². The van der Waals surface area contributed by atoms with Crippen LogP contribution in [0.15, 0.2) is 35.4 Å². The lowest BCUT2D eigenvalue weighted by Crippen LogP contribution is -2.13. The molecule has 0 bridgehead atoms. The summed E-state index contributed by atoms with van der Waals surface area (Å²) in [4.78, 5) is 11.2. The number of carboxylic acid groups (broad SMARTS) is 1. The molecule has 0 radical (unpaired) electrons. The van der Waals surface area contributed by atoms with Crippen LogP contribution in [0.4, 0.5) is 0 Å². The third kappa shape index (κ3) is 3.11. The second kappa shape index (κ2) is 5.71. The first-order valence-electron chi connectivity index (χ1n) is 5.10. The Kier molecular flexibility index (Phi) is 4.56. The molecule has 2 nitrogen and oxygen atoms in total. The lowest BCUT2D eigenvalue weighted by Gasteiger charge is -2.15. The number of carboxylic acids is 1. The van der Waals surface area contributed by atoms with Gasteiger partial charge in [-0.1, -0.05) is 41.4 Å². The SMILES string of the molecule is C/C(=C/Cl)CC(C(=O)O)c1ccccc1C. The smallest absolute Gasteiger partial charge is 0.311 e. The largest absolute Gasteiger partial charge is 0.481 e. The van der Waals surface area contributed by atoms with Crippen molar-refractivity contribution >= 4 is 17.6 Å². The molecule has 1 rings (SSSR count). The first-order chi connectivity index (χ1) is 7.56. The number of halogens is 1. The van der Waals surface area contributed by atoms with E-state index in [-0.39, 0.29) is 0 Å². The molecule has 16 heavy (non-hydrogen) atoms. The van der Waals surface area contributed by atoms with E-state index in [4.69, 9.17) is 11.6 Å². The van der Waals surface area contributed by atoms with Crippen LogP contribution < -0.4 is 0 Å². The van der Waals surface area contributed by atoms with E-state index in [0.717, 1.165) is 16.7 Å². The van der Waals surface area contributed by atoms with Crippen molar-refractivity contribution in [2.24, 2.45) is 0 Å². The van der Waals surface area contributed by atoms with Crippen molar-refractivity contribution in [1.82, 2.24) is 0 Å². The van der Waals surface area contributed by atoms with Gasteiger partial charge in [0.1, 0.15) is 0 Å². The van der Waals surface area contributed by atoms with Crippen LogP contribution in [0.5, 0.6) is 0 Å². The molecule has 0 aliphatic heterocycles. The maximum absolute atomic E-state index is 11.2. The summed E-state index contributed by atoms with van der Waals surface area (Å²) >= 11 is 5.57. The van der Waals surface area contributed by atoms with Gasteiger partial charge < -0.3 is 5.11 Å². The predicted molar refractivity (Wildman–Crippen MR) is 65.8 cm³/mol. The maximum atomic E-state index is 11.2. The standard InChI is InChI=1S/C13H15ClO2/c1-9(8-14)7-12(13(15)16)11-6-4-3-5-10(11)2/h3-6,8,12H,7H2,1-2H3,(H,15,16)/b9-8-. The summed E-state index contributed by atoms with van der Waals surface area (Å²) in [7, 11) is 0. The normalized spacial score (nSPS) is 13.6. The molecule has 86 valence electrons. The number of allylic oxidation sites excluding steroid dienone is 1. The fraction of sp³-hybridized carbons (Fsp3) is 0.308. The van der Waals surface area contributed by atoms with Crippen LogP contribution in [0.1, 0.15) is 30.4 Å². The Bertz CT molecular complexity index is 410. The molecule has 0 saturated carbocycles. The Hall–Kier alpha value is -1.28. The highest BCUT2D eigenvalue weighted by molar-refractivity contribution is 6.25. The number of hydrogen-bond acceptors (Lipinski definition) is 1. The van der Waals surface area contributed by atoms with E-state index in [1.54, 1.807) is 0 Å². The van der Waals surface area contributed by atoms with Crippen molar-refractivity contribution in [3.05, 3.63) is 46.5 Å². The molecule has 1 atom stereocenters. The van der Waals surface area contributed by atoms with Gasteiger partial charge in [-0.2, -0.15) is 0 Å². The molecule has 0 heterocycles. The Morgan fingerprint density at radius 1 is 1.50 bits per heavy atom. The van der Waals surface area contributed by atoms with Gasteiger partial charge in [0.05, 0.1) is 5.92 Å². The Morgan fingerprint density at radius 2 is 2.12 bits per heavy atom. The number of aryl methyl sites for hydroxylation is 1. The van der Waals surface area contributed by atoms with Gasteiger partial charge in [-0.25, -0.2) is 0 Å². The van der Waals surface area contributed by atoms with E-state index in [1.165, 1.54) is 5.54 Å². The minimum absolute atomic E-state index is 0.448. The fourth-order valence-electron chi connectivity index (χ4n) is 1.67. The quantitative estimate of drug-likeness (QED) is 0.869. The fourth-order valence-corrected chi connectivity index (χ4v) is 1.76. The minimum Gasteiger partial charge on any atom is -0.481 e. The number of hydrogen-bond donors (Lipinski definition) is 1. The summed E-state index contributed by atoms with van der Waals surface area (Å²) in [5.74, 6) is -1.33. The van der Waals surface area contributed by atoms with Crippen molar-refractivity contribution in [3.8, 4) is 0 Å². The molecular formula is C13H15ClO2. The molecule has 1 unspecified atom stereocenters. The van der Waals surface area contributed by atoms with E-state index in [2.05, 4.69) is 0 Å². The minimum atomic E-state index is -0.813. The second-order valence-corrected chi connectivity index (χ2v) is 4.13. The lowest BCUT2D eigenvalue weighted by molar-refractivity contribution is -0.138. The van der Waals surface area contributed by atoms with Gasteiger partial charge in [-0.3, -0.25) is 4.79 Å². The topological polar surface area (TPSA) is 37.3 Å². The van der Waals surface area contributed by atoms with E-state index in [1.807, 2.05) is 38.1 Å². The summed E-state index contributed by atoms with van der Waals surface area (Å²) in [6, 6.07) is 7.54. The van der Waals surface area contributed by atoms with Gasteiger partial charge in [-0.15, -0.1) is 0 Å². The van der Waals surface area contributed by atoms with Crippen LogP contribution in [0, 0.1) is 6.92 Å². The number of aliphatic carboxylic acids is 1. The average molecular weight is 239 g/mol. The summed E-state index contributed by atoms with van der Waals surface area (Å²) < 4.78 is 0. The first kappa shape index (κ1) is 12.8. The Labute approximate surface area is 101 Å². The lowest BCUT2D eigenvalue weighted by atomic mass is 9.90. The maximum Gasteiger partial charge on any atom is 0.311 e. The zero-order chi connectivity index (χ0) is 12.1. The van der Waals surface area contributed by atoms with Gasteiger partial charge in [-0.05, 0) is 31.4 Å². The van der Waals surface area contributed by atoms with Crippen molar-refractivity contribution in [2.75, 3.05) is 0 Å². The third-order valence-electron chi connectivity index (χ3n) is 2.57. The highest BCUT2D eigenvalue weighted by atomic mass is 35.5. The van der Waals surface area contributed by atoms with Crippen LogP contribution >= 0.6 is 11.6 Å². The second-order valence-electron chi connectivity index (χ2n) is 3.91. The zero-order valence-corrected chi connectivity index (χ0v) is 10.2. The molecule has 0 amide bonds. The van der Waals surface area contributed by atoms with E-state index in [9.17, 15) is 9.90 Å². The zero-order valence-electron chi connectivity index (χ0n) is 9.40. The number of benzene rings is 1. The molecule has 0 aromatic heterocycles. The first-order valence-corrected chi connectivity index (χ1v) is 5.54. The van der Waals surface area contributed by atoms with Crippen LogP contribution in [0.2, 0.25) is 0 Å². The molecule has 3 heteroatoms. The van der Waals surface area contributed by atoms with E-state index >= 15 is 0 Å². The van der Waals surface area contributed by atoms with Crippen molar-refractivity contribution in [3.63, 3.8) is 0 Å². The van der Waals surface area contributed by atoms with Crippen molar-refractivity contribution < 1.29 is 9.90 Å². The summed E-state index contributed by atoms with van der Waals surface area (Å²) in [6.45, 7) is 3.76. The molecule has 1 aromatic carbocycles. The van der Waals surface area contributed by atoms with Gasteiger partial charge in [0.2, 0.25) is 0 Å². The summed E-state index contributed by atoms with van der Waals surface area (Å²) in [5.41, 5.74) is 4.16. The van der Waals surface area contributed by atoms with E-state index in [0.29, 0.717) is 6.42 Å². The number of carbonyl (C=O) groups is 1. The van der Waals surface area contributed by atoms with Crippen LogP contribution in [-0.2, 0) is 4.79 Å². The van der Waals surface area contributed by atoms with Crippen molar-refractivity contribution in [2.45, 2.75) is 26.2 Å². The average Bonchev–Trinajstić information content (AvgIpc) is 2.26. The monoisotopic (exact) mass is 238 g/mol. The molecule has 0 aliphatic carbocycles. The Morgan fingerprint density at radius 3 is 2.62 bits per heavy atom. The molecule has 1 N–H and O–H groups in total. The number of rotatable bonds is 4. The Balaban J connectivity index is 3.04. The van der Waals surface area contributed by atoms with E-state index < -0.39 is 11.9 Å². The third-order valence-corrected chi connectivity index (χ3v) is 2.95. The van der Waals surface area contributed by atoms with Gasteiger partial charge in [0, 0.05) is 5.54 Å². The summed E-state index contributed by atoms with van der Waals surface area (Å²) in [6.07, 6.45) is 0.448. The highest BCUT2D eigenvalue weighted by Gasteiger charge is 2.21. The molecule has 0 saturated heterocycles. The summed E-state index contributed by atoms with van der Waals surface area (Å²) in [5, 5.41) is 9.23. The van der Waals surface area contributed by atoms with Crippen LogP contribution in [0.3, 0.4) is 0 Å². The molecule has 0 spiro atoms. The molecule has 0 aliphatic rings. The molecular weight excluding hydrogens is 224 g/mol. The van der Waals surface area contributed by atoms with Gasteiger partial charge >= 0.3 is 5.97 Å².